The van der Waals surface area contributed by atoms with Crippen LogP contribution in [0.4, 0.5) is 0 Å². The standard InChI is InChI=1S/C43H86O3/c1-35-15-9-17-37(3)21-13-25-41(7)29-31-45-34-43(33-44)46-32-30-42(8)26-14-22-38(4)18-10-16-36(2)20-12-24-40(6)28-27-39(5)23-11-19-35/h35-44H,9-34H2,1-8H3/t35-,36-,37+,38+,39?,40-,41+,42+,43?/m0/s1. The van der Waals surface area contributed by atoms with Gasteiger partial charge in [0, 0.05) is 13.2 Å². The molecule has 0 aliphatic carbocycles. The van der Waals surface area contributed by atoms with E-state index in [1.165, 1.54) is 128 Å². The summed E-state index contributed by atoms with van der Waals surface area (Å²) in [6.07, 6.45) is 29.9. The zero-order valence-corrected chi connectivity index (χ0v) is 32.8. The topological polar surface area (TPSA) is 38.7 Å². The fraction of sp³-hybridized carbons (Fsp3) is 1.00. The van der Waals surface area contributed by atoms with Gasteiger partial charge in [-0.25, -0.2) is 0 Å². The van der Waals surface area contributed by atoms with Crippen molar-refractivity contribution in [1.29, 1.82) is 0 Å². The van der Waals surface area contributed by atoms with Crippen LogP contribution in [0.25, 0.3) is 0 Å². The molecule has 9 atom stereocenters. The summed E-state index contributed by atoms with van der Waals surface area (Å²) in [7, 11) is 0. The van der Waals surface area contributed by atoms with Crippen molar-refractivity contribution >= 4 is 0 Å². The number of aliphatic hydroxyl groups excluding tert-OH is 1. The smallest absolute Gasteiger partial charge is 0.104 e. The molecule has 3 nitrogen and oxygen atoms in total. The maximum atomic E-state index is 9.79. The number of ether oxygens (including phenoxy) is 2. The highest BCUT2D eigenvalue weighted by molar-refractivity contribution is 4.65. The van der Waals surface area contributed by atoms with Crippen molar-refractivity contribution in [3.63, 3.8) is 0 Å². The SMILES string of the molecule is CC1CCC[C@@H](C)CCC[C@@H](C)CCC[C@@H](C)CCOCC(CO)OCC[C@H](C)CCC[C@H](C)CCC[C@H](C)CCC[C@H](C)CC1. The lowest BCUT2D eigenvalue weighted by atomic mass is 9.88. The van der Waals surface area contributed by atoms with E-state index >= 15 is 0 Å². The van der Waals surface area contributed by atoms with Gasteiger partial charge in [0.25, 0.3) is 0 Å². The van der Waals surface area contributed by atoms with E-state index in [9.17, 15) is 5.11 Å². The quantitative estimate of drug-likeness (QED) is 0.307. The highest BCUT2D eigenvalue weighted by atomic mass is 16.5. The van der Waals surface area contributed by atoms with Gasteiger partial charge in [-0.15, -0.1) is 0 Å². The predicted octanol–water partition coefficient (Wildman–Crippen LogP) is 13.1. The highest BCUT2D eigenvalue weighted by Crippen LogP contribution is 2.27. The first-order chi connectivity index (χ1) is 22.1. The van der Waals surface area contributed by atoms with Crippen LogP contribution in [0.15, 0.2) is 0 Å². The van der Waals surface area contributed by atoms with Crippen LogP contribution < -0.4 is 0 Å². The summed E-state index contributed by atoms with van der Waals surface area (Å²) in [6, 6.07) is 0. The summed E-state index contributed by atoms with van der Waals surface area (Å²) in [5.74, 6) is 6.66. The maximum absolute atomic E-state index is 9.79. The third-order valence-corrected chi connectivity index (χ3v) is 11.7. The third-order valence-electron chi connectivity index (χ3n) is 11.7. The van der Waals surface area contributed by atoms with Crippen LogP contribution in [0.2, 0.25) is 0 Å². The zero-order valence-electron chi connectivity index (χ0n) is 32.8. The van der Waals surface area contributed by atoms with E-state index in [1.807, 2.05) is 0 Å². The van der Waals surface area contributed by atoms with Crippen LogP contribution in [0.5, 0.6) is 0 Å². The van der Waals surface area contributed by atoms with Gasteiger partial charge in [-0.3, -0.25) is 0 Å². The van der Waals surface area contributed by atoms with Gasteiger partial charge in [-0.1, -0.05) is 184 Å². The Morgan fingerprint density at radius 2 is 0.630 bits per heavy atom. The molecule has 1 rings (SSSR count). The van der Waals surface area contributed by atoms with Gasteiger partial charge in [0.05, 0.1) is 13.2 Å². The molecule has 0 saturated carbocycles. The molecule has 0 aromatic rings. The molecule has 3 heteroatoms. The Hall–Kier alpha value is -0.120. The minimum Gasteiger partial charge on any atom is -0.394 e. The molecule has 1 aliphatic rings. The molecule has 1 heterocycles. The third kappa shape index (κ3) is 25.8. The molecular weight excluding hydrogens is 564 g/mol. The van der Waals surface area contributed by atoms with Crippen LogP contribution in [0, 0.1) is 47.3 Å². The Morgan fingerprint density at radius 1 is 0.370 bits per heavy atom. The summed E-state index contributed by atoms with van der Waals surface area (Å²) in [5.41, 5.74) is 0. The second-order valence-corrected chi connectivity index (χ2v) is 17.3. The molecule has 0 aromatic carbocycles. The van der Waals surface area contributed by atoms with Gasteiger partial charge in [0.15, 0.2) is 0 Å². The molecule has 0 amide bonds. The second-order valence-electron chi connectivity index (χ2n) is 17.3. The van der Waals surface area contributed by atoms with Crippen LogP contribution in [0.3, 0.4) is 0 Å². The predicted molar refractivity (Wildman–Crippen MR) is 203 cm³/mol. The van der Waals surface area contributed by atoms with Crippen molar-refractivity contribution < 1.29 is 14.6 Å². The molecule has 1 aliphatic heterocycles. The van der Waals surface area contributed by atoms with Crippen molar-refractivity contribution in [2.24, 2.45) is 47.3 Å². The van der Waals surface area contributed by atoms with Gasteiger partial charge < -0.3 is 14.6 Å². The molecule has 1 N–H and O–H groups in total. The van der Waals surface area contributed by atoms with Crippen molar-refractivity contribution in [2.75, 3.05) is 26.4 Å². The van der Waals surface area contributed by atoms with Crippen LogP contribution in [0.1, 0.15) is 197 Å². The van der Waals surface area contributed by atoms with E-state index in [2.05, 4.69) is 55.4 Å². The van der Waals surface area contributed by atoms with E-state index in [0.717, 1.165) is 61.6 Å². The lowest BCUT2D eigenvalue weighted by molar-refractivity contribution is -0.0471. The highest BCUT2D eigenvalue weighted by Gasteiger charge is 2.14. The lowest BCUT2D eigenvalue weighted by Gasteiger charge is -2.19. The molecule has 0 spiro atoms. The van der Waals surface area contributed by atoms with E-state index in [-0.39, 0.29) is 12.7 Å². The average molecular weight is 651 g/mol. The molecule has 46 heavy (non-hydrogen) atoms. The number of hydrogen-bond acceptors (Lipinski definition) is 3. The summed E-state index contributed by atoms with van der Waals surface area (Å²) >= 11 is 0. The fourth-order valence-corrected chi connectivity index (χ4v) is 7.70. The molecule has 2 unspecified atom stereocenters. The maximum Gasteiger partial charge on any atom is 0.104 e. The fourth-order valence-electron chi connectivity index (χ4n) is 7.70. The lowest BCUT2D eigenvalue weighted by Crippen LogP contribution is -2.25. The molecular formula is C43H86O3. The minimum absolute atomic E-state index is 0.0507. The normalized spacial score (nSPS) is 36.1. The van der Waals surface area contributed by atoms with Gasteiger partial charge in [-0.2, -0.15) is 0 Å². The zero-order chi connectivity index (χ0) is 34.0. The van der Waals surface area contributed by atoms with Crippen molar-refractivity contribution in [3.8, 4) is 0 Å². The number of hydrogen-bond donors (Lipinski definition) is 1. The number of rotatable bonds is 1. The van der Waals surface area contributed by atoms with E-state index in [0.29, 0.717) is 18.4 Å². The Morgan fingerprint density at radius 3 is 0.935 bits per heavy atom. The van der Waals surface area contributed by atoms with Crippen LogP contribution >= 0.6 is 0 Å². The number of aliphatic hydroxyl groups is 1. The Bertz CT molecular complexity index is 652. The molecule has 1 saturated heterocycles. The van der Waals surface area contributed by atoms with Crippen molar-refractivity contribution in [2.45, 2.75) is 203 Å². The monoisotopic (exact) mass is 651 g/mol. The van der Waals surface area contributed by atoms with Gasteiger partial charge in [0.1, 0.15) is 6.10 Å². The summed E-state index contributed by atoms with van der Waals surface area (Å²) < 4.78 is 12.0. The van der Waals surface area contributed by atoms with E-state index < -0.39 is 0 Å². The van der Waals surface area contributed by atoms with Gasteiger partial charge >= 0.3 is 0 Å². The molecule has 1 fully saturated rings. The van der Waals surface area contributed by atoms with Crippen molar-refractivity contribution in [1.82, 2.24) is 0 Å². The minimum atomic E-state index is -0.183. The van der Waals surface area contributed by atoms with Crippen LogP contribution in [-0.2, 0) is 9.47 Å². The molecule has 276 valence electrons. The Balaban J connectivity index is 2.46. The van der Waals surface area contributed by atoms with E-state index in [1.54, 1.807) is 0 Å². The first kappa shape index (κ1) is 43.9. The summed E-state index contributed by atoms with van der Waals surface area (Å²) in [6.45, 7) is 21.8. The van der Waals surface area contributed by atoms with Gasteiger partial charge in [0.2, 0.25) is 0 Å². The average Bonchev–Trinajstić information content (AvgIpc) is 3.00. The summed E-state index contributed by atoms with van der Waals surface area (Å²) in [4.78, 5) is 0. The van der Waals surface area contributed by atoms with E-state index in [4.69, 9.17) is 9.47 Å². The second kappa shape index (κ2) is 28.7. The van der Waals surface area contributed by atoms with Crippen molar-refractivity contribution in [3.05, 3.63) is 0 Å². The Labute approximate surface area is 290 Å². The van der Waals surface area contributed by atoms with Crippen LogP contribution in [-0.4, -0.2) is 37.6 Å². The largest absolute Gasteiger partial charge is 0.394 e. The molecule has 0 aromatic heterocycles. The molecule has 0 bridgehead atoms. The summed E-state index contributed by atoms with van der Waals surface area (Å²) in [5, 5.41) is 9.79. The Kier molecular flexibility index (Phi) is 27.4. The van der Waals surface area contributed by atoms with Gasteiger partial charge in [-0.05, 0) is 60.2 Å². The first-order valence-corrected chi connectivity index (χ1v) is 20.9. The molecule has 0 radical (unpaired) electrons. The first-order valence-electron chi connectivity index (χ1n) is 20.9.